The normalized spacial score (nSPS) is 16.2. The summed E-state index contributed by atoms with van der Waals surface area (Å²) in [5.41, 5.74) is 0.929. The van der Waals surface area contributed by atoms with E-state index in [1.54, 1.807) is 4.90 Å². The molecular formula is C10H9NO2. The molecule has 0 radical (unpaired) electrons. The van der Waals surface area contributed by atoms with Crippen LogP contribution in [0, 0.1) is 0 Å². The lowest BCUT2D eigenvalue weighted by molar-refractivity contribution is -0.134. The van der Waals surface area contributed by atoms with E-state index in [0.29, 0.717) is 5.88 Å². The Morgan fingerprint density at radius 3 is 2.54 bits per heavy atom. The molecule has 0 N–H and O–H groups in total. The molecule has 2 rings (SSSR count). The summed E-state index contributed by atoms with van der Waals surface area (Å²) >= 11 is 0. The topological polar surface area (TPSA) is 29.5 Å². The van der Waals surface area contributed by atoms with E-state index in [-0.39, 0.29) is 12.5 Å². The molecule has 0 bridgehead atoms. The van der Waals surface area contributed by atoms with Gasteiger partial charge in [0.1, 0.15) is 6.54 Å². The van der Waals surface area contributed by atoms with Gasteiger partial charge in [-0.1, -0.05) is 18.2 Å². The third kappa shape index (κ3) is 1.40. The number of carbonyl (C=O) groups is 1. The van der Waals surface area contributed by atoms with Gasteiger partial charge in [0.2, 0.25) is 0 Å². The molecule has 1 heterocycles. The van der Waals surface area contributed by atoms with Crippen LogP contribution in [-0.4, -0.2) is 12.5 Å². The molecule has 1 fully saturated rings. The fraction of sp³-hybridized carbons (Fsp3) is 0.100. The van der Waals surface area contributed by atoms with Crippen LogP contribution in [0.5, 0.6) is 0 Å². The first-order valence-corrected chi connectivity index (χ1v) is 3.99. The van der Waals surface area contributed by atoms with Gasteiger partial charge in [0.25, 0.3) is 0 Å². The molecule has 13 heavy (non-hydrogen) atoms. The Balaban J connectivity index is 2.28. The van der Waals surface area contributed by atoms with Crippen LogP contribution in [0.1, 0.15) is 0 Å². The molecule has 1 saturated heterocycles. The number of para-hydroxylation sites is 1. The molecule has 0 aliphatic carbocycles. The summed E-state index contributed by atoms with van der Waals surface area (Å²) < 4.78 is 4.82. The second kappa shape index (κ2) is 2.94. The first-order chi connectivity index (χ1) is 6.27. The van der Waals surface area contributed by atoms with Gasteiger partial charge in [0.15, 0.2) is 5.88 Å². The van der Waals surface area contributed by atoms with Crippen molar-refractivity contribution in [2.45, 2.75) is 0 Å². The van der Waals surface area contributed by atoms with Gasteiger partial charge in [0, 0.05) is 5.69 Å². The predicted molar refractivity (Wildman–Crippen MR) is 49.0 cm³/mol. The third-order valence-corrected chi connectivity index (χ3v) is 1.89. The fourth-order valence-corrected chi connectivity index (χ4v) is 1.28. The van der Waals surface area contributed by atoms with Crippen LogP contribution in [0.3, 0.4) is 0 Å². The van der Waals surface area contributed by atoms with Gasteiger partial charge in [-0.25, -0.2) is 4.79 Å². The Hall–Kier alpha value is -1.77. The van der Waals surface area contributed by atoms with Gasteiger partial charge >= 0.3 is 5.97 Å². The number of ether oxygens (including phenoxy) is 1. The monoisotopic (exact) mass is 175 g/mol. The number of anilines is 1. The van der Waals surface area contributed by atoms with Crippen molar-refractivity contribution >= 4 is 11.7 Å². The minimum absolute atomic E-state index is 0.253. The first kappa shape index (κ1) is 7.86. The Bertz CT molecular complexity index is 345. The van der Waals surface area contributed by atoms with E-state index in [2.05, 4.69) is 6.58 Å². The van der Waals surface area contributed by atoms with Gasteiger partial charge in [-0.15, -0.1) is 0 Å². The molecule has 1 aliphatic heterocycles. The summed E-state index contributed by atoms with van der Waals surface area (Å²) in [4.78, 5) is 12.7. The molecule has 3 heteroatoms. The Morgan fingerprint density at radius 1 is 1.31 bits per heavy atom. The number of rotatable bonds is 1. The molecule has 66 valence electrons. The quantitative estimate of drug-likeness (QED) is 0.606. The van der Waals surface area contributed by atoms with E-state index >= 15 is 0 Å². The van der Waals surface area contributed by atoms with E-state index in [4.69, 9.17) is 4.74 Å². The zero-order chi connectivity index (χ0) is 9.26. The van der Waals surface area contributed by atoms with Crippen LogP contribution in [0.25, 0.3) is 0 Å². The second-order valence-electron chi connectivity index (χ2n) is 2.79. The van der Waals surface area contributed by atoms with Crippen molar-refractivity contribution in [1.29, 1.82) is 0 Å². The Labute approximate surface area is 76.2 Å². The summed E-state index contributed by atoms with van der Waals surface area (Å²) in [6.07, 6.45) is 0. The lowest BCUT2D eigenvalue weighted by Crippen LogP contribution is -2.17. The van der Waals surface area contributed by atoms with Crippen molar-refractivity contribution in [3.05, 3.63) is 42.8 Å². The van der Waals surface area contributed by atoms with E-state index in [1.807, 2.05) is 30.3 Å². The molecule has 0 amide bonds. The summed E-state index contributed by atoms with van der Waals surface area (Å²) in [6, 6.07) is 9.56. The standard InChI is InChI=1S/C10H9NO2/c1-8-11(7-10(12)13-8)9-5-3-2-4-6-9/h2-6H,1,7H2. The number of hydrogen-bond acceptors (Lipinski definition) is 3. The Kier molecular flexibility index (Phi) is 1.77. The van der Waals surface area contributed by atoms with Crippen molar-refractivity contribution < 1.29 is 9.53 Å². The molecule has 0 saturated carbocycles. The first-order valence-electron chi connectivity index (χ1n) is 3.99. The zero-order valence-electron chi connectivity index (χ0n) is 7.06. The predicted octanol–water partition coefficient (Wildman–Crippen LogP) is 1.52. The van der Waals surface area contributed by atoms with E-state index in [0.717, 1.165) is 5.69 Å². The van der Waals surface area contributed by atoms with Gasteiger partial charge < -0.3 is 9.64 Å². The molecule has 0 aromatic heterocycles. The average Bonchev–Trinajstić information content (AvgIpc) is 2.47. The molecule has 0 atom stereocenters. The summed E-state index contributed by atoms with van der Waals surface area (Å²) in [7, 11) is 0. The molecule has 0 spiro atoms. The van der Waals surface area contributed by atoms with Crippen LogP contribution in [0.2, 0.25) is 0 Å². The van der Waals surface area contributed by atoms with E-state index in [9.17, 15) is 4.79 Å². The minimum atomic E-state index is -0.256. The van der Waals surface area contributed by atoms with Crippen molar-refractivity contribution in [1.82, 2.24) is 0 Å². The van der Waals surface area contributed by atoms with Crippen LogP contribution in [0.15, 0.2) is 42.8 Å². The maximum atomic E-state index is 10.9. The number of esters is 1. The summed E-state index contributed by atoms with van der Waals surface area (Å²) in [5, 5.41) is 0. The lowest BCUT2D eigenvalue weighted by atomic mass is 10.3. The largest absolute Gasteiger partial charge is 0.409 e. The fourth-order valence-electron chi connectivity index (χ4n) is 1.28. The van der Waals surface area contributed by atoms with Crippen LogP contribution < -0.4 is 4.90 Å². The number of hydrogen-bond donors (Lipinski definition) is 0. The molecular weight excluding hydrogens is 166 g/mol. The molecule has 1 aliphatic rings. The molecule has 1 aromatic carbocycles. The van der Waals surface area contributed by atoms with Gasteiger partial charge in [-0.3, -0.25) is 0 Å². The Morgan fingerprint density at radius 2 is 2.00 bits per heavy atom. The van der Waals surface area contributed by atoms with Gasteiger partial charge in [0.05, 0.1) is 0 Å². The van der Waals surface area contributed by atoms with Gasteiger partial charge in [-0.2, -0.15) is 0 Å². The smallest absolute Gasteiger partial charge is 0.332 e. The SMILES string of the molecule is C=C1OC(=O)CN1c1ccccc1. The molecule has 1 aromatic rings. The highest BCUT2D eigenvalue weighted by molar-refractivity contribution is 5.82. The number of cyclic esters (lactones) is 1. The van der Waals surface area contributed by atoms with Crippen molar-refractivity contribution in [3.63, 3.8) is 0 Å². The van der Waals surface area contributed by atoms with E-state index < -0.39 is 0 Å². The lowest BCUT2D eigenvalue weighted by Gasteiger charge is -2.14. The zero-order valence-corrected chi connectivity index (χ0v) is 7.06. The third-order valence-electron chi connectivity index (χ3n) is 1.89. The summed E-state index contributed by atoms with van der Waals surface area (Å²) in [6.45, 7) is 3.90. The van der Waals surface area contributed by atoms with Crippen LogP contribution >= 0.6 is 0 Å². The van der Waals surface area contributed by atoms with E-state index in [1.165, 1.54) is 0 Å². The summed E-state index contributed by atoms with van der Waals surface area (Å²) in [5.74, 6) is 0.144. The van der Waals surface area contributed by atoms with Gasteiger partial charge in [-0.05, 0) is 18.7 Å². The number of carbonyl (C=O) groups excluding carboxylic acids is 1. The highest BCUT2D eigenvalue weighted by Gasteiger charge is 2.25. The number of nitrogens with zero attached hydrogens (tertiary/aromatic N) is 1. The second-order valence-corrected chi connectivity index (χ2v) is 2.79. The highest BCUT2D eigenvalue weighted by Crippen LogP contribution is 2.22. The maximum absolute atomic E-state index is 10.9. The molecule has 0 unspecified atom stereocenters. The highest BCUT2D eigenvalue weighted by atomic mass is 16.6. The van der Waals surface area contributed by atoms with Crippen molar-refractivity contribution in [2.24, 2.45) is 0 Å². The van der Waals surface area contributed by atoms with Crippen LogP contribution in [-0.2, 0) is 9.53 Å². The van der Waals surface area contributed by atoms with Crippen LogP contribution in [0.4, 0.5) is 5.69 Å². The number of benzene rings is 1. The minimum Gasteiger partial charge on any atom is -0.409 e. The van der Waals surface area contributed by atoms with Crippen molar-refractivity contribution in [2.75, 3.05) is 11.4 Å². The van der Waals surface area contributed by atoms with Crippen molar-refractivity contribution in [3.8, 4) is 0 Å². The average molecular weight is 175 g/mol. The maximum Gasteiger partial charge on any atom is 0.332 e. The molecule has 3 nitrogen and oxygen atoms in total.